The van der Waals surface area contributed by atoms with Gasteiger partial charge in [-0.05, 0) is 0 Å². The number of hydrogen-bond acceptors (Lipinski definition) is 1. The molecule has 0 saturated heterocycles. The summed E-state index contributed by atoms with van der Waals surface area (Å²) in [5.41, 5.74) is 1.85. The van der Waals surface area contributed by atoms with Crippen molar-refractivity contribution in [2.24, 2.45) is 5.92 Å². The van der Waals surface area contributed by atoms with Crippen LogP contribution in [0, 0.1) is 5.92 Å². The van der Waals surface area contributed by atoms with Crippen LogP contribution >= 0.6 is 11.8 Å². The maximum absolute atomic E-state index is 2.47. The summed E-state index contributed by atoms with van der Waals surface area (Å²) in [4.78, 5) is 0. The molecule has 0 radical (unpaired) electrons. The molecule has 0 aliphatic carbocycles. The van der Waals surface area contributed by atoms with Crippen molar-refractivity contribution < 1.29 is 0 Å². The van der Waals surface area contributed by atoms with Gasteiger partial charge in [0.1, 0.15) is 0 Å². The molecule has 0 amide bonds. The zero-order valence-electron chi connectivity index (χ0n) is 10.4. The molecule has 0 spiro atoms. The van der Waals surface area contributed by atoms with Crippen molar-refractivity contribution >= 4 is 26.7 Å². The molecule has 2 aliphatic heterocycles. The monoisotopic (exact) mass is 302 g/mol. The van der Waals surface area contributed by atoms with Crippen LogP contribution in [0.25, 0.3) is 0 Å². The van der Waals surface area contributed by atoms with Gasteiger partial charge in [0.2, 0.25) is 0 Å². The first-order valence-electron chi connectivity index (χ1n) is 6.57. The second-order valence-electron chi connectivity index (χ2n) is 4.63. The topological polar surface area (TPSA) is 0 Å². The van der Waals surface area contributed by atoms with Crippen molar-refractivity contribution in [1.82, 2.24) is 0 Å². The van der Waals surface area contributed by atoms with E-state index in [2.05, 4.69) is 37.1 Å². The molecular formula is C14H22SSe. The van der Waals surface area contributed by atoms with Crippen molar-refractivity contribution in [1.29, 1.82) is 0 Å². The fourth-order valence-corrected chi connectivity index (χ4v) is 7.45. The number of allylic oxidation sites excluding steroid dienone is 3. The molecule has 90 valence electrons. The van der Waals surface area contributed by atoms with Gasteiger partial charge >= 0.3 is 111 Å². The molecule has 0 nitrogen and oxygen atoms in total. The van der Waals surface area contributed by atoms with E-state index in [1.54, 1.807) is 0 Å². The summed E-state index contributed by atoms with van der Waals surface area (Å²) in [5, 5.41) is 2.35. The van der Waals surface area contributed by atoms with E-state index < -0.39 is 0 Å². The number of thioether (sulfide) groups is 1. The van der Waals surface area contributed by atoms with Gasteiger partial charge in [0.15, 0.2) is 0 Å². The van der Waals surface area contributed by atoms with Gasteiger partial charge in [0.25, 0.3) is 0 Å². The van der Waals surface area contributed by atoms with Gasteiger partial charge in [-0.25, -0.2) is 0 Å². The second-order valence-corrected chi connectivity index (χ2v) is 8.95. The van der Waals surface area contributed by atoms with Crippen LogP contribution in [0.3, 0.4) is 0 Å². The first-order valence-corrected chi connectivity index (χ1v) is 9.36. The van der Waals surface area contributed by atoms with Crippen LogP contribution in [0.2, 0.25) is 0 Å². The van der Waals surface area contributed by atoms with Crippen LogP contribution in [0.15, 0.2) is 21.5 Å². The van der Waals surface area contributed by atoms with Gasteiger partial charge in [-0.3, -0.25) is 0 Å². The third kappa shape index (κ3) is 2.78. The Labute approximate surface area is 110 Å². The minimum atomic E-state index is 0.789. The van der Waals surface area contributed by atoms with E-state index in [1.807, 2.05) is 10.0 Å². The van der Waals surface area contributed by atoms with Crippen molar-refractivity contribution in [3.05, 3.63) is 21.5 Å². The van der Waals surface area contributed by atoms with Crippen molar-refractivity contribution in [3.63, 3.8) is 0 Å². The molecule has 16 heavy (non-hydrogen) atoms. The van der Waals surface area contributed by atoms with Gasteiger partial charge in [-0.15, -0.1) is 0 Å². The Bertz CT molecular complexity index is 293. The SMILES string of the molecule is CCCCC1=C(CCCC)C2C=CSC2[Se]1. The summed E-state index contributed by atoms with van der Waals surface area (Å²) in [7, 11) is 0. The molecule has 0 fully saturated rings. The number of hydrogen-bond donors (Lipinski definition) is 0. The van der Waals surface area contributed by atoms with Crippen molar-refractivity contribution in [2.75, 3.05) is 0 Å². The zero-order chi connectivity index (χ0) is 11.4. The molecule has 2 aliphatic rings. The molecule has 0 aromatic carbocycles. The van der Waals surface area contributed by atoms with Crippen LogP contribution < -0.4 is 0 Å². The summed E-state index contributed by atoms with van der Waals surface area (Å²) < 4.78 is 2.82. The quantitative estimate of drug-likeness (QED) is 0.649. The van der Waals surface area contributed by atoms with Gasteiger partial charge in [-0.2, -0.15) is 0 Å². The molecular weight excluding hydrogens is 279 g/mol. The van der Waals surface area contributed by atoms with Crippen LogP contribution in [0.1, 0.15) is 52.4 Å². The van der Waals surface area contributed by atoms with Crippen molar-refractivity contribution in [2.45, 2.75) is 56.5 Å². The predicted molar refractivity (Wildman–Crippen MR) is 75.8 cm³/mol. The summed E-state index contributed by atoms with van der Waals surface area (Å²) in [5.74, 6) is 0.836. The Morgan fingerprint density at radius 3 is 2.69 bits per heavy atom. The molecule has 2 heteroatoms. The average molecular weight is 301 g/mol. The Balaban J connectivity index is 2.04. The molecule has 0 aromatic heterocycles. The molecule has 2 rings (SSSR count). The number of rotatable bonds is 6. The van der Waals surface area contributed by atoms with Crippen LogP contribution in [0.5, 0.6) is 0 Å². The van der Waals surface area contributed by atoms with E-state index in [0.29, 0.717) is 0 Å². The Hall–Kier alpha value is 0.349. The summed E-state index contributed by atoms with van der Waals surface area (Å²) >= 11 is 2.88. The third-order valence-corrected chi connectivity index (χ3v) is 8.12. The zero-order valence-corrected chi connectivity index (χ0v) is 12.9. The maximum atomic E-state index is 2.47. The molecule has 0 N–H and O–H groups in total. The van der Waals surface area contributed by atoms with Gasteiger partial charge < -0.3 is 0 Å². The van der Waals surface area contributed by atoms with Gasteiger partial charge in [0.05, 0.1) is 0 Å². The van der Waals surface area contributed by atoms with E-state index in [-0.39, 0.29) is 0 Å². The third-order valence-electron chi connectivity index (χ3n) is 3.37. The van der Waals surface area contributed by atoms with E-state index in [0.717, 1.165) is 25.0 Å². The molecule has 2 unspecified atom stereocenters. The summed E-state index contributed by atoms with van der Waals surface area (Å²) in [6, 6.07) is 0. The number of fused-ring (bicyclic) bond motifs is 1. The second kappa shape index (κ2) is 6.33. The fourth-order valence-electron chi connectivity index (χ4n) is 2.40. The fraction of sp³-hybridized carbons (Fsp3) is 0.714. The normalized spacial score (nSPS) is 27.9. The molecule has 0 aromatic rings. The Morgan fingerprint density at radius 2 is 1.94 bits per heavy atom. The standard InChI is InChI=1S/C14H22SSe/c1-3-5-7-11-12-9-10-15-14(12)16-13(11)8-6-4-2/h9-10,12,14H,3-8H2,1-2H3. The molecule has 0 saturated carbocycles. The summed E-state index contributed by atoms with van der Waals surface area (Å²) in [6.07, 6.45) is 10.7. The van der Waals surface area contributed by atoms with Crippen LogP contribution in [0.4, 0.5) is 0 Å². The van der Waals surface area contributed by atoms with E-state index in [9.17, 15) is 0 Å². The Kier molecular flexibility index (Phi) is 5.06. The Morgan fingerprint density at radius 1 is 1.19 bits per heavy atom. The van der Waals surface area contributed by atoms with E-state index >= 15 is 0 Å². The molecule has 2 atom stereocenters. The van der Waals surface area contributed by atoms with Gasteiger partial charge in [-0.1, -0.05) is 0 Å². The van der Waals surface area contributed by atoms with Gasteiger partial charge in [0, 0.05) is 0 Å². The van der Waals surface area contributed by atoms with E-state index in [4.69, 9.17) is 0 Å². The molecule has 2 heterocycles. The van der Waals surface area contributed by atoms with Crippen molar-refractivity contribution in [3.8, 4) is 0 Å². The minimum absolute atomic E-state index is 0.789. The first kappa shape index (κ1) is 12.8. The summed E-state index contributed by atoms with van der Waals surface area (Å²) in [6.45, 7) is 4.62. The number of unbranched alkanes of at least 4 members (excludes halogenated alkanes) is 2. The first-order chi connectivity index (χ1) is 7.86. The van der Waals surface area contributed by atoms with E-state index in [1.165, 1.54) is 38.5 Å². The van der Waals surface area contributed by atoms with Crippen LogP contribution in [-0.2, 0) is 0 Å². The predicted octanol–water partition coefficient (Wildman–Crippen LogP) is 4.54. The average Bonchev–Trinajstić information content (AvgIpc) is 2.84. The van der Waals surface area contributed by atoms with Crippen LogP contribution in [-0.4, -0.2) is 19.1 Å². The molecule has 0 bridgehead atoms.